The van der Waals surface area contributed by atoms with Gasteiger partial charge in [-0.1, -0.05) is 27.7 Å². The van der Waals surface area contributed by atoms with Gasteiger partial charge >= 0.3 is 0 Å². The summed E-state index contributed by atoms with van der Waals surface area (Å²) >= 11 is 0. The van der Waals surface area contributed by atoms with Gasteiger partial charge in [0.15, 0.2) is 0 Å². The van der Waals surface area contributed by atoms with Crippen LogP contribution in [0.1, 0.15) is 53.4 Å². The number of aliphatic hydroxyl groups excluding tert-OH is 1. The van der Waals surface area contributed by atoms with Gasteiger partial charge in [-0.05, 0) is 44.1 Å². The number of hydrogen-bond acceptors (Lipinski definition) is 4. The zero-order valence-electron chi connectivity index (χ0n) is 16.2. The number of likely N-dealkylation sites (N-methyl/N-ethyl adjacent to an activating group) is 1. The predicted molar refractivity (Wildman–Crippen MR) is 103 cm³/mol. The SMILES string of the molecule is CNC(=O)[C@@H](CC(C)C)N1CCC[C@H]1C(=O)N[C@@H](CO)CC(C)C.Cl. The Morgan fingerprint density at radius 2 is 1.76 bits per heavy atom. The third-order valence-corrected chi connectivity index (χ3v) is 4.56. The van der Waals surface area contributed by atoms with E-state index in [-0.39, 0.29) is 49.0 Å². The van der Waals surface area contributed by atoms with E-state index in [1.165, 1.54) is 0 Å². The molecular formula is C18H36ClN3O3. The van der Waals surface area contributed by atoms with Crippen molar-refractivity contribution >= 4 is 24.2 Å². The molecule has 0 saturated carbocycles. The Kier molecular flexibility index (Phi) is 11.3. The molecule has 0 bridgehead atoms. The lowest BCUT2D eigenvalue weighted by atomic mass is 10.00. The van der Waals surface area contributed by atoms with Crippen molar-refractivity contribution in [2.45, 2.75) is 71.5 Å². The summed E-state index contributed by atoms with van der Waals surface area (Å²) in [6, 6.07) is -0.776. The number of carbonyl (C=O) groups excluding carboxylic acids is 2. The first-order valence-corrected chi connectivity index (χ1v) is 9.18. The minimum Gasteiger partial charge on any atom is -0.394 e. The summed E-state index contributed by atoms with van der Waals surface area (Å²) in [6.07, 6.45) is 3.16. The van der Waals surface area contributed by atoms with Gasteiger partial charge in [-0.15, -0.1) is 12.4 Å². The van der Waals surface area contributed by atoms with Crippen LogP contribution in [0.4, 0.5) is 0 Å². The van der Waals surface area contributed by atoms with Crippen LogP contribution in [0.5, 0.6) is 0 Å². The second-order valence-corrected chi connectivity index (χ2v) is 7.67. The summed E-state index contributed by atoms with van der Waals surface area (Å²) in [7, 11) is 1.64. The summed E-state index contributed by atoms with van der Waals surface area (Å²) in [5.41, 5.74) is 0. The van der Waals surface area contributed by atoms with Crippen LogP contribution in [0.15, 0.2) is 0 Å². The Labute approximate surface area is 158 Å². The van der Waals surface area contributed by atoms with Crippen LogP contribution >= 0.6 is 12.4 Å². The fraction of sp³-hybridized carbons (Fsp3) is 0.889. The fourth-order valence-corrected chi connectivity index (χ4v) is 3.50. The van der Waals surface area contributed by atoms with Crippen molar-refractivity contribution in [3.63, 3.8) is 0 Å². The molecule has 2 amide bonds. The van der Waals surface area contributed by atoms with Crippen LogP contribution < -0.4 is 10.6 Å². The number of rotatable bonds is 9. The van der Waals surface area contributed by atoms with E-state index < -0.39 is 0 Å². The van der Waals surface area contributed by atoms with Gasteiger partial charge in [0.05, 0.1) is 24.7 Å². The molecule has 0 aromatic rings. The van der Waals surface area contributed by atoms with Gasteiger partial charge in [-0.25, -0.2) is 0 Å². The lowest BCUT2D eigenvalue weighted by Crippen LogP contribution is -2.54. The highest BCUT2D eigenvalue weighted by atomic mass is 35.5. The van der Waals surface area contributed by atoms with Crippen molar-refractivity contribution in [1.29, 1.82) is 0 Å². The molecule has 0 spiro atoms. The molecule has 3 atom stereocenters. The van der Waals surface area contributed by atoms with Crippen molar-refractivity contribution in [2.24, 2.45) is 11.8 Å². The Hall–Kier alpha value is -0.850. The standard InChI is InChI=1S/C18H35N3O3.ClH/c1-12(2)9-14(11-22)20-18(24)15-7-6-8-21(15)16(10-13(3)4)17(23)19-5;/h12-16,22H,6-11H2,1-5H3,(H,19,23)(H,20,24);1H/t14-,15+,16-;/m1./s1. The highest BCUT2D eigenvalue weighted by molar-refractivity contribution is 5.86. The third-order valence-electron chi connectivity index (χ3n) is 4.56. The lowest BCUT2D eigenvalue weighted by Gasteiger charge is -2.33. The molecular weight excluding hydrogens is 342 g/mol. The number of likely N-dealkylation sites (tertiary alicyclic amines) is 1. The molecule has 0 aromatic carbocycles. The maximum Gasteiger partial charge on any atom is 0.237 e. The van der Waals surface area contributed by atoms with E-state index in [1.807, 2.05) is 4.90 Å². The second-order valence-electron chi connectivity index (χ2n) is 7.67. The molecule has 6 nitrogen and oxygen atoms in total. The molecule has 0 radical (unpaired) electrons. The maximum atomic E-state index is 12.7. The Bertz CT molecular complexity index is 418. The van der Waals surface area contributed by atoms with Crippen molar-refractivity contribution < 1.29 is 14.7 Å². The Morgan fingerprint density at radius 1 is 1.16 bits per heavy atom. The van der Waals surface area contributed by atoms with Gasteiger partial charge in [-0.2, -0.15) is 0 Å². The Balaban J connectivity index is 0.00000576. The largest absolute Gasteiger partial charge is 0.394 e. The van der Waals surface area contributed by atoms with Crippen LogP contribution in [-0.2, 0) is 9.59 Å². The predicted octanol–water partition coefficient (Wildman–Crippen LogP) is 1.56. The van der Waals surface area contributed by atoms with E-state index in [2.05, 4.69) is 38.3 Å². The first-order valence-electron chi connectivity index (χ1n) is 9.18. The molecule has 0 aliphatic carbocycles. The molecule has 1 heterocycles. The number of nitrogens with zero attached hydrogens (tertiary/aromatic N) is 1. The number of hydrogen-bond donors (Lipinski definition) is 3. The van der Waals surface area contributed by atoms with Crippen molar-refractivity contribution in [3.05, 3.63) is 0 Å². The normalized spacial score (nSPS) is 20.2. The summed E-state index contributed by atoms with van der Waals surface area (Å²) in [5.74, 6) is 0.693. The monoisotopic (exact) mass is 377 g/mol. The quantitative estimate of drug-likeness (QED) is 0.569. The first kappa shape index (κ1) is 24.1. The van der Waals surface area contributed by atoms with Gasteiger partial charge < -0.3 is 15.7 Å². The molecule has 1 fully saturated rings. The van der Waals surface area contributed by atoms with Gasteiger partial charge in [-0.3, -0.25) is 14.5 Å². The number of nitrogens with one attached hydrogen (secondary N) is 2. The third kappa shape index (κ3) is 7.50. The van der Waals surface area contributed by atoms with E-state index in [0.29, 0.717) is 11.8 Å². The van der Waals surface area contributed by atoms with Gasteiger partial charge in [0.25, 0.3) is 0 Å². The fourth-order valence-electron chi connectivity index (χ4n) is 3.50. The number of halogens is 1. The van der Waals surface area contributed by atoms with E-state index in [4.69, 9.17) is 0 Å². The Morgan fingerprint density at radius 3 is 2.24 bits per heavy atom. The van der Waals surface area contributed by atoms with Crippen LogP contribution in [-0.4, -0.2) is 60.1 Å². The topological polar surface area (TPSA) is 81.7 Å². The zero-order chi connectivity index (χ0) is 18.3. The number of carbonyl (C=O) groups is 2. The highest BCUT2D eigenvalue weighted by Gasteiger charge is 2.38. The van der Waals surface area contributed by atoms with Crippen molar-refractivity contribution in [1.82, 2.24) is 15.5 Å². The smallest absolute Gasteiger partial charge is 0.237 e. The van der Waals surface area contributed by atoms with Crippen molar-refractivity contribution in [3.8, 4) is 0 Å². The van der Waals surface area contributed by atoms with E-state index in [0.717, 1.165) is 32.2 Å². The molecule has 1 rings (SSSR count). The molecule has 25 heavy (non-hydrogen) atoms. The maximum absolute atomic E-state index is 12.7. The zero-order valence-corrected chi connectivity index (χ0v) is 17.1. The summed E-state index contributed by atoms with van der Waals surface area (Å²) < 4.78 is 0. The first-order chi connectivity index (χ1) is 11.3. The molecule has 0 aromatic heterocycles. The van der Waals surface area contributed by atoms with Crippen molar-refractivity contribution in [2.75, 3.05) is 20.2 Å². The van der Waals surface area contributed by atoms with E-state index >= 15 is 0 Å². The molecule has 1 saturated heterocycles. The van der Waals surface area contributed by atoms with Crippen LogP contribution in [0.2, 0.25) is 0 Å². The van der Waals surface area contributed by atoms with Gasteiger partial charge in [0.2, 0.25) is 11.8 Å². The summed E-state index contributed by atoms with van der Waals surface area (Å²) in [6.45, 7) is 9.03. The van der Waals surface area contributed by atoms with Crippen LogP contribution in [0.3, 0.4) is 0 Å². The molecule has 1 aliphatic heterocycles. The highest BCUT2D eigenvalue weighted by Crippen LogP contribution is 2.24. The lowest BCUT2D eigenvalue weighted by molar-refractivity contribution is -0.132. The van der Waals surface area contributed by atoms with Crippen LogP contribution in [0.25, 0.3) is 0 Å². The minimum atomic E-state index is -0.285. The number of aliphatic hydroxyl groups is 1. The average molecular weight is 378 g/mol. The minimum absolute atomic E-state index is 0. The van der Waals surface area contributed by atoms with Gasteiger partial charge in [0, 0.05) is 7.05 Å². The van der Waals surface area contributed by atoms with Crippen LogP contribution in [0, 0.1) is 11.8 Å². The van der Waals surface area contributed by atoms with E-state index in [9.17, 15) is 14.7 Å². The molecule has 1 aliphatic rings. The molecule has 148 valence electrons. The molecule has 7 heteroatoms. The summed E-state index contributed by atoms with van der Waals surface area (Å²) in [5, 5.41) is 15.2. The molecule has 3 N–H and O–H groups in total. The summed E-state index contributed by atoms with van der Waals surface area (Å²) in [4.78, 5) is 27.1. The average Bonchev–Trinajstić information content (AvgIpc) is 2.99. The van der Waals surface area contributed by atoms with E-state index in [1.54, 1.807) is 7.05 Å². The van der Waals surface area contributed by atoms with Gasteiger partial charge in [0.1, 0.15) is 0 Å². The molecule has 0 unspecified atom stereocenters. The number of amides is 2. The second kappa shape index (κ2) is 11.7.